The van der Waals surface area contributed by atoms with Gasteiger partial charge >= 0.3 is 0 Å². The normalized spacial score (nSPS) is 10.2. The summed E-state index contributed by atoms with van der Waals surface area (Å²) in [5, 5.41) is 2.90. The zero-order valence-corrected chi connectivity index (χ0v) is 15.8. The van der Waals surface area contributed by atoms with Crippen molar-refractivity contribution < 1.29 is 19.0 Å². The number of rotatable bonds is 8. The molecule has 6 heteroatoms. The number of hydrogen-bond acceptors (Lipinski definition) is 5. The van der Waals surface area contributed by atoms with Crippen LogP contribution in [0.4, 0.5) is 0 Å². The first-order valence-electron chi connectivity index (χ1n) is 8.81. The molecule has 6 nitrogen and oxygen atoms in total. The third-order valence-corrected chi connectivity index (χ3v) is 4.15. The van der Waals surface area contributed by atoms with Crippen LogP contribution >= 0.6 is 0 Å². The van der Waals surface area contributed by atoms with E-state index in [9.17, 15) is 4.79 Å². The van der Waals surface area contributed by atoms with Crippen molar-refractivity contribution in [1.29, 1.82) is 0 Å². The van der Waals surface area contributed by atoms with Gasteiger partial charge in [-0.2, -0.15) is 0 Å². The SMILES string of the molecule is COc1cc(CNC(=O)c2ccccc2OC)ccc1OCc1cccnc1. The first-order valence-corrected chi connectivity index (χ1v) is 8.81. The molecule has 1 N–H and O–H groups in total. The molecule has 28 heavy (non-hydrogen) atoms. The Hall–Kier alpha value is -3.54. The van der Waals surface area contributed by atoms with Crippen LogP contribution in [-0.4, -0.2) is 25.1 Å². The molecule has 3 aromatic rings. The van der Waals surface area contributed by atoms with Gasteiger partial charge in [-0.05, 0) is 35.9 Å². The number of carbonyl (C=O) groups excluding carboxylic acids is 1. The van der Waals surface area contributed by atoms with Crippen molar-refractivity contribution in [2.24, 2.45) is 0 Å². The van der Waals surface area contributed by atoms with Crippen molar-refractivity contribution in [3.05, 3.63) is 83.7 Å². The van der Waals surface area contributed by atoms with E-state index in [0.29, 0.717) is 36.0 Å². The van der Waals surface area contributed by atoms with E-state index >= 15 is 0 Å². The highest BCUT2D eigenvalue weighted by atomic mass is 16.5. The number of pyridine rings is 1. The maximum Gasteiger partial charge on any atom is 0.255 e. The van der Waals surface area contributed by atoms with Crippen LogP contribution in [0.25, 0.3) is 0 Å². The van der Waals surface area contributed by atoms with Gasteiger partial charge in [0.15, 0.2) is 11.5 Å². The predicted octanol–water partition coefficient (Wildman–Crippen LogP) is 3.61. The smallest absolute Gasteiger partial charge is 0.255 e. The van der Waals surface area contributed by atoms with Crippen molar-refractivity contribution in [3.8, 4) is 17.2 Å². The van der Waals surface area contributed by atoms with Crippen molar-refractivity contribution in [2.75, 3.05) is 14.2 Å². The van der Waals surface area contributed by atoms with Crippen molar-refractivity contribution in [3.63, 3.8) is 0 Å². The quantitative estimate of drug-likeness (QED) is 0.648. The predicted molar refractivity (Wildman–Crippen MR) is 106 cm³/mol. The number of methoxy groups -OCH3 is 2. The van der Waals surface area contributed by atoms with Crippen molar-refractivity contribution in [2.45, 2.75) is 13.2 Å². The summed E-state index contributed by atoms with van der Waals surface area (Å²) in [5.74, 6) is 1.57. The van der Waals surface area contributed by atoms with Crippen molar-refractivity contribution >= 4 is 5.91 Å². The molecule has 1 heterocycles. The minimum absolute atomic E-state index is 0.201. The second kappa shape index (κ2) is 9.41. The Labute approximate surface area is 164 Å². The third kappa shape index (κ3) is 4.79. The monoisotopic (exact) mass is 378 g/mol. The zero-order chi connectivity index (χ0) is 19.8. The van der Waals surface area contributed by atoms with Crippen LogP contribution in [0.15, 0.2) is 67.0 Å². The standard InChI is InChI=1S/C22H22N2O4/c1-26-19-8-4-3-7-18(19)22(25)24-14-16-9-10-20(21(12-16)27-2)28-15-17-6-5-11-23-13-17/h3-13H,14-15H2,1-2H3,(H,24,25). The van der Waals surface area contributed by atoms with Gasteiger partial charge in [-0.15, -0.1) is 0 Å². The molecule has 0 aliphatic heterocycles. The molecule has 3 rings (SSSR count). The number of nitrogens with zero attached hydrogens (tertiary/aromatic N) is 1. The van der Waals surface area contributed by atoms with Gasteiger partial charge in [0.05, 0.1) is 19.8 Å². The van der Waals surface area contributed by atoms with Gasteiger partial charge in [0.25, 0.3) is 5.91 Å². The third-order valence-electron chi connectivity index (χ3n) is 4.15. The zero-order valence-electron chi connectivity index (χ0n) is 15.8. The highest BCUT2D eigenvalue weighted by Gasteiger charge is 2.12. The Kier molecular flexibility index (Phi) is 6.46. The van der Waals surface area contributed by atoms with Gasteiger partial charge < -0.3 is 19.5 Å². The van der Waals surface area contributed by atoms with Crippen molar-refractivity contribution in [1.82, 2.24) is 10.3 Å². The lowest BCUT2D eigenvalue weighted by Gasteiger charge is -2.13. The fourth-order valence-electron chi connectivity index (χ4n) is 2.70. The second-order valence-electron chi connectivity index (χ2n) is 6.02. The molecule has 0 atom stereocenters. The molecule has 0 unspecified atom stereocenters. The Balaban J connectivity index is 1.64. The summed E-state index contributed by atoms with van der Waals surface area (Å²) >= 11 is 0. The minimum atomic E-state index is -0.201. The van der Waals surface area contributed by atoms with E-state index in [0.717, 1.165) is 11.1 Å². The molecule has 0 spiro atoms. The van der Waals surface area contributed by atoms with Gasteiger partial charge in [-0.25, -0.2) is 0 Å². The molecule has 2 aromatic carbocycles. The van der Waals surface area contributed by atoms with E-state index < -0.39 is 0 Å². The van der Waals surface area contributed by atoms with Gasteiger partial charge in [-0.1, -0.05) is 24.3 Å². The molecular formula is C22H22N2O4. The van der Waals surface area contributed by atoms with E-state index in [4.69, 9.17) is 14.2 Å². The lowest BCUT2D eigenvalue weighted by Crippen LogP contribution is -2.23. The molecule has 0 saturated carbocycles. The Morgan fingerprint density at radius 1 is 0.929 bits per heavy atom. The Morgan fingerprint density at radius 3 is 2.50 bits per heavy atom. The maximum atomic E-state index is 12.4. The topological polar surface area (TPSA) is 69.7 Å². The lowest BCUT2D eigenvalue weighted by molar-refractivity contribution is 0.0948. The number of amides is 1. The Morgan fingerprint density at radius 2 is 1.75 bits per heavy atom. The summed E-state index contributed by atoms with van der Waals surface area (Å²) < 4.78 is 16.5. The van der Waals surface area contributed by atoms with Crippen LogP contribution in [0.5, 0.6) is 17.2 Å². The van der Waals surface area contributed by atoms with Crippen LogP contribution in [0.3, 0.4) is 0 Å². The largest absolute Gasteiger partial charge is 0.496 e. The summed E-state index contributed by atoms with van der Waals surface area (Å²) in [6.45, 7) is 0.754. The lowest BCUT2D eigenvalue weighted by atomic mass is 10.1. The minimum Gasteiger partial charge on any atom is -0.496 e. The van der Waals surface area contributed by atoms with Gasteiger partial charge in [0.1, 0.15) is 12.4 Å². The van der Waals surface area contributed by atoms with E-state index in [1.165, 1.54) is 0 Å². The molecule has 1 amide bonds. The fraction of sp³-hybridized carbons (Fsp3) is 0.182. The molecule has 0 bridgehead atoms. The average Bonchev–Trinajstić information content (AvgIpc) is 2.76. The molecule has 144 valence electrons. The fourth-order valence-corrected chi connectivity index (χ4v) is 2.70. The van der Waals surface area contributed by atoms with Crippen LogP contribution in [0, 0.1) is 0 Å². The summed E-state index contributed by atoms with van der Waals surface area (Å²) in [6.07, 6.45) is 3.48. The second-order valence-corrected chi connectivity index (χ2v) is 6.02. The molecule has 0 radical (unpaired) electrons. The van der Waals surface area contributed by atoms with Crippen LogP contribution in [0.1, 0.15) is 21.5 Å². The number of carbonyl (C=O) groups is 1. The highest BCUT2D eigenvalue weighted by Crippen LogP contribution is 2.29. The molecule has 0 aliphatic rings. The van der Waals surface area contributed by atoms with E-state index in [1.54, 1.807) is 44.8 Å². The van der Waals surface area contributed by atoms with Crippen LogP contribution in [0.2, 0.25) is 0 Å². The van der Waals surface area contributed by atoms with Gasteiger partial charge in [0.2, 0.25) is 0 Å². The first-order chi connectivity index (χ1) is 13.7. The molecular weight excluding hydrogens is 356 g/mol. The number of hydrogen-bond donors (Lipinski definition) is 1. The maximum absolute atomic E-state index is 12.4. The van der Waals surface area contributed by atoms with E-state index in [-0.39, 0.29) is 5.91 Å². The van der Waals surface area contributed by atoms with E-state index in [2.05, 4.69) is 10.3 Å². The van der Waals surface area contributed by atoms with E-state index in [1.807, 2.05) is 36.4 Å². The molecule has 0 fully saturated rings. The van der Waals surface area contributed by atoms with Gasteiger partial charge in [0, 0.05) is 24.5 Å². The number of nitrogens with one attached hydrogen (secondary N) is 1. The number of benzene rings is 2. The molecule has 1 aromatic heterocycles. The summed E-state index contributed by atoms with van der Waals surface area (Å²) in [5.41, 5.74) is 2.36. The Bertz CT molecular complexity index is 929. The first kappa shape index (κ1) is 19.2. The number of ether oxygens (including phenoxy) is 3. The molecule has 0 aliphatic carbocycles. The van der Waals surface area contributed by atoms with Crippen LogP contribution < -0.4 is 19.5 Å². The van der Waals surface area contributed by atoms with Gasteiger partial charge in [-0.3, -0.25) is 9.78 Å². The molecule has 0 saturated heterocycles. The number of aromatic nitrogens is 1. The summed E-state index contributed by atoms with van der Waals surface area (Å²) in [4.78, 5) is 16.5. The van der Waals surface area contributed by atoms with Crippen LogP contribution in [-0.2, 0) is 13.2 Å². The summed E-state index contributed by atoms with van der Waals surface area (Å²) in [7, 11) is 3.13. The summed E-state index contributed by atoms with van der Waals surface area (Å²) in [6, 6.07) is 16.5. The number of para-hydroxylation sites is 1. The highest BCUT2D eigenvalue weighted by molar-refractivity contribution is 5.96. The average molecular weight is 378 g/mol.